The molecule has 10 heteroatoms. The molecule has 0 saturated carbocycles. The van der Waals surface area contributed by atoms with Gasteiger partial charge >= 0.3 is 21.8 Å². The lowest BCUT2D eigenvalue weighted by atomic mass is 9.85. The molecule has 7 rings (SSSR count). The molecule has 0 amide bonds. The van der Waals surface area contributed by atoms with Gasteiger partial charge in [-0.3, -0.25) is 0 Å². The minimum atomic E-state index is -0.987. The van der Waals surface area contributed by atoms with Gasteiger partial charge < -0.3 is 32.3 Å². The number of fused-ring (bicyclic) bond motifs is 5. The van der Waals surface area contributed by atoms with Crippen LogP contribution in [0.1, 0.15) is 0 Å². The number of rotatable bonds is 6. The molecule has 5 aromatic rings. The Labute approximate surface area is 208 Å². The Morgan fingerprint density at radius 2 is 0.944 bits per heavy atom. The quantitative estimate of drug-likeness (QED) is 0.315. The predicted octanol–water partition coefficient (Wildman–Crippen LogP) is 5.24. The Kier molecular flexibility index (Phi) is 5.12. The van der Waals surface area contributed by atoms with E-state index in [9.17, 15) is 0 Å². The fourth-order valence-electron chi connectivity index (χ4n) is 4.48. The maximum atomic E-state index is 6.05. The summed E-state index contributed by atoms with van der Waals surface area (Å²) in [5, 5.41) is 2.32. The van der Waals surface area contributed by atoms with Crippen molar-refractivity contribution < 1.29 is 27.8 Å². The van der Waals surface area contributed by atoms with Gasteiger partial charge in [0.1, 0.15) is 23.0 Å². The fraction of sp³-hybridized carbons (Fsp3) is 0. The smallest absolute Gasteiger partial charge is 0.498 e. The molecule has 0 fully saturated rings. The van der Waals surface area contributed by atoms with Crippen molar-refractivity contribution in [3.63, 3.8) is 0 Å². The minimum Gasteiger partial charge on any atom is -0.498 e. The Morgan fingerprint density at radius 3 is 1.39 bits per heavy atom. The van der Waals surface area contributed by atoms with E-state index in [1.807, 2.05) is 79.0 Å². The van der Waals surface area contributed by atoms with Gasteiger partial charge in [0.2, 0.25) is 0 Å². The number of nitrogens with zero attached hydrogens (tertiary/aromatic N) is 1. The molecule has 3 heterocycles. The van der Waals surface area contributed by atoms with Crippen molar-refractivity contribution in [2.24, 2.45) is 0 Å². The van der Waals surface area contributed by atoms with E-state index in [0.29, 0.717) is 23.0 Å². The van der Waals surface area contributed by atoms with Crippen molar-refractivity contribution in [3.05, 3.63) is 103 Å². The first-order valence-electron chi connectivity index (χ1n) is 11.6. The van der Waals surface area contributed by atoms with E-state index in [0.717, 1.165) is 21.8 Å². The topological polar surface area (TPSA) is 60.3 Å². The number of hydrogen-bond acceptors (Lipinski definition) is 6. The summed E-state index contributed by atoms with van der Waals surface area (Å²) in [5.41, 5.74) is 2.13. The monoisotopic (exact) mass is 473 g/mol. The Morgan fingerprint density at radius 1 is 0.556 bits per heavy atom. The Hall–Kier alpha value is -4.27. The average Bonchev–Trinajstić information content (AvgIpc) is 3.60. The molecular formula is C26H18B3NO6. The lowest BCUT2D eigenvalue weighted by molar-refractivity contribution is 0.287. The van der Waals surface area contributed by atoms with E-state index < -0.39 is 21.8 Å². The summed E-state index contributed by atoms with van der Waals surface area (Å²) < 4.78 is 37.4. The molecule has 0 unspecified atom stereocenters. The summed E-state index contributed by atoms with van der Waals surface area (Å²) in [7, 11) is -2.89. The lowest BCUT2D eigenvalue weighted by Gasteiger charge is -2.14. The number of hydrogen-bond donors (Lipinski definition) is 0. The van der Waals surface area contributed by atoms with Crippen molar-refractivity contribution in [2.75, 3.05) is 0 Å². The first kappa shape index (κ1) is 21.1. The number of benzene rings is 4. The third kappa shape index (κ3) is 3.77. The Balaban J connectivity index is 1.19. The molecule has 0 radical (unpaired) electrons. The molecule has 0 spiro atoms. The number of para-hydroxylation sites is 6. The van der Waals surface area contributed by atoms with Crippen LogP contribution in [0.4, 0.5) is 0 Å². The van der Waals surface area contributed by atoms with Crippen molar-refractivity contribution >= 4 is 49.8 Å². The summed E-state index contributed by atoms with van der Waals surface area (Å²) in [5.74, 6) is 4.20. The molecule has 36 heavy (non-hydrogen) atoms. The van der Waals surface area contributed by atoms with Crippen LogP contribution in [-0.4, -0.2) is 26.3 Å². The van der Waals surface area contributed by atoms with Crippen molar-refractivity contribution in [1.82, 2.24) is 4.57 Å². The first-order chi connectivity index (χ1) is 17.8. The zero-order chi connectivity index (χ0) is 23.9. The third-order valence-electron chi connectivity index (χ3n) is 6.09. The highest BCUT2D eigenvalue weighted by atomic mass is 16.8. The van der Waals surface area contributed by atoms with Crippen LogP contribution in [0.25, 0.3) is 28.0 Å². The summed E-state index contributed by atoms with van der Waals surface area (Å²) in [4.78, 5) is 0. The highest BCUT2D eigenvalue weighted by Gasteiger charge is 2.44. The van der Waals surface area contributed by atoms with E-state index in [1.54, 1.807) is 5.98 Å². The maximum Gasteiger partial charge on any atom is 0.774 e. The van der Waals surface area contributed by atoms with Gasteiger partial charge in [-0.2, -0.15) is 0 Å². The van der Waals surface area contributed by atoms with E-state index in [4.69, 9.17) is 27.8 Å². The lowest BCUT2D eigenvalue weighted by Crippen LogP contribution is -2.43. The van der Waals surface area contributed by atoms with Gasteiger partial charge in [0, 0.05) is 17.0 Å². The molecule has 2 aliphatic rings. The van der Waals surface area contributed by atoms with Crippen LogP contribution in [-0.2, 0) is 9.14 Å². The second-order valence-corrected chi connectivity index (χ2v) is 8.33. The third-order valence-corrected chi connectivity index (χ3v) is 6.09. The van der Waals surface area contributed by atoms with Crippen molar-refractivity contribution in [2.45, 2.75) is 0 Å². The molecule has 0 N–H and O–H groups in total. The zero-order valence-electron chi connectivity index (χ0n) is 19.0. The van der Waals surface area contributed by atoms with E-state index in [1.165, 1.54) is 0 Å². The molecule has 0 aliphatic carbocycles. The largest absolute Gasteiger partial charge is 0.774 e. The van der Waals surface area contributed by atoms with Crippen LogP contribution in [0.15, 0.2) is 103 Å². The van der Waals surface area contributed by atoms with Crippen LogP contribution in [0.5, 0.6) is 23.0 Å². The van der Waals surface area contributed by atoms with Crippen LogP contribution < -0.4 is 18.6 Å². The summed E-state index contributed by atoms with van der Waals surface area (Å²) in [6.07, 6.45) is 1.92. The van der Waals surface area contributed by atoms with Gasteiger partial charge in [-0.05, 0) is 42.4 Å². The average molecular weight is 473 g/mol. The molecule has 2 aliphatic heterocycles. The number of aromatic nitrogens is 1. The van der Waals surface area contributed by atoms with Crippen LogP contribution >= 0.6 is 0 Å². The Bertz CT molecular complexity index is 1440. The molecule has 0 saturated heterocycles. The second kappa shape index (κ2) is 8.75. The van der Waals surface area contributed by atoms with Crippen LogP contribution in [0.2, 0.25) is 0 Å². The van der Waals surface area contributed by atoms with E-state index >= 15 is 0 Å². The molecule has 7 nitrogen and oxygen atoms in total. The highest BCUT2D eigenvalue weighted by Crippen LogP contribution is 2.35. The zero-order valence-corrected chi connectivity index (χ0v) is 19.0. The SMILES string of the molecule is C(=C\n1c2ccccc2c2ccccc21)/B(OB1Oc2ccccc2O1)OB1Oc2ccccc2O1. The van der Waals surface area contributed by atoms with Gasteiger partial charge in [0.25, 0.3) is 0 Å². The second-order valence-electron chi connectivity index (χ2n) is 8.33. The molecule has 0 atom stereocenters. The predicted molar refractivity (Wildman–Crippen MR) is 140 cm³/mol. The van der Waals surface area contributed by atoms with Gasteiger partial charge in [0.15, 0.2) is 0 Å². The van der Waals surface area contributed by atoms with Gasteiger partial charge in [-0.15, -0.1) is 0 Å². The summed E-state index contributed by atoms with van der Waals surface area (Å²) >= 11 is 0. The molecule has 172 valence electrons. The first-order valence-corrected chi connectivity index (χ1v) is 11.6. The molecule has 0 bridgehead atoms. The van der Waals surface area contributed by atoms with Crippen LogP contribution in [0.3, 0.4) is 0 Å². The molecule has 4 aromatic carbocycles. The molecular weight excluding hydrogens is 455 g/mol. The minimum absolute atomic E-state index is 0.605. The van der Waals surface area contributed by atoms with Crippen molar-refractivity contribution in [3.8, 4) is 23.0 Å². The van der Waals surface area contributed by atoms with Gasteiger partial charge in [-0.25, -0.2) is 0 Å². The standard InChI is InChI=1S/C26H18B3NO6/c1-3-11-21-19(9-1)20-10-2-4-12-22(20)30(21)18-17-27(35-28-31-23-13-5-6-14-24(23)32-28)36-29-33-25-15-7-8-16-26(25)34-29/h1-18H/b18-17+. The van der Waals surface area contributed by atoms with Crippen molar-refractivity contribution in [1.29, 1.82) is 0 Å². The summed E-state index contributed by atoms with van der Waals surface area (Å²) in [6, 6.07) is 31.3. The molecule has 1 aromatic heterocycles. The fourth-order valence-corrected chi connectivity index (χ4v) is 4.48. The van der Waals surface area contributed by atoms with Gasteiger partial charge in [-0.1, -0.05) is 60.7 Å². The highest BCUT2D eigenvalue weighted by molar-refractivity contribution is 6.67. The van der Waals surface area contributed by atoms with Crippen LogP contribution in [0, 0.1) is 0 Å². The summed E-state index contributed by atoms with van der Waals surface area (Å²) in [6.45, 7) is 0. The van der Waals surface area contributed by atoms with E-state index in [-0.39, 0.29) is 0 Å². The normalized spacial score (nSPS) is 13.9. The maximum absolute atomic E-state index is 6.05. The van der Waals surface area contributed by atoms with Gasteiger partial charge in [0.05, 0.1) is 11.0 Å². The van der Waals surface area contributed by atoms with E-state index in [2.05, 4.69) is 28.8 Å².